The second-order valence-corrected chi connectivity index (χ2v) is 7.75. The minimum Gasteiger partial charge on any atom is -0.299 e. The van der Waals surface area contributed by atoms with Gasteiger partial charge in [-0.3, -0.25) is 4.79 Å². The second kappa shape index (κ2) is 5.38. The molecule has 0 saturated heterocycles. The third-order valence-electron chi connectivity index (χ3n) is 4.17. The van der Waals surface area contributed by atoms with Crippen molar-refractivity contribution >= 4 is 17.1 Å². The van der Waals surface area contributed by atoms with Crippen LogP contribution in [-0.4, -0.2) is 10.8 Å². The number of benzene rings is 1. The number of aromatic nitrogens is 1. The molecule has 1 unspecified atom stereocenters. The molecule has 2 nitrogen and oxygen atoms in total. The molecule has 0 spiro atoms. The van der Waals surface area contributed by atoms with E-state index in [2.05, 4.69) is 49.3 Å². The second-order valence-electron chi connectivity index (χ2n) is 6.81. The van der Waals surface area contributed by atoms with Gasteiger partial charge in [0.25, 0.3) is 0 Å². The average molecular weight is 299 g/mol. The molecule has 21 heavy (non-hydrogen) atoms. The number of thiazole rings is 1. The number of hydrogen-bond donors (Lipinski definition) is 0. The zero-order valence-electron chi connectivity index (χ0n) is 12.8. The number of carbonyl (C=O) groups is 1. The van der Waals surface area contributed by atoms with Crippen LogP contribution in [0.4, 0.5) is 0 Å². The summed E-state index contributed by atoms with van der Waals surface area (Å²) in [6.45, 7) is 6.46. The van der Waals surface area contributed by atoms with Crippen LogP contribution in [0.2, 0.25) is 0 Å². The van der Waals surface area contributed by atoms with Crippen LogP contribution in [0.15, 0.2) is 29.6 Å². The first-order valence-corrected chi connectivity index (χ1v) is 8.38. The number of fused-ring (bicyclic) bond motifs is 1. The van der Waals surface area contributed by atoms with Crippen molar-refractivity contribution in [1.82, 2.24) is 4.98 Å². The molecule has 0 fully saturated rings. The molecule has 1 aromatic heterocycles. The number of hydrogen-bond acceptors (Lipinski definition) is 3. The molecule has 0 aliphatic heterocycles. The predicted octanol–water partition coefficient (Wildman–Crippen LogP) is 4.28. The minimum absolute atomic E-state index is 0.0533. The monoisotopic (exact) mass is 299 g/mol. The Labute approximate surface area is 130 Å². The Balaban J connectivity index is 1.75. The van der Waals surface area contributed by atoms with Gasteiger partial charge in [-0.2, -0.15) is 0 Å². The van der Waals surface area contributed by atoms with Crippen molar-refractivity contribution in [3.05, 3.63) is 51.5 Å². The molecular weight excluding hydrogens is 278 g/mol. The first kappa shape index (κ1) is 14.5. The summed E-state index contributed by atoms with van der Waals surface area (Å²) in [5.41, 5.74) is 3.71. The van der Waals surface area contributed by atoms with Crippen LogP contribution in [0, 0.1) is 0 Å². The largest absolute Gasteiger partial charge is 0.299 e. The summed E-state index contributed by atoms with van der Waals surface area (Å²) < 4.78 is 0. The van der Waals surface area contributed by atoms with E-state index < -0.39 is 0 Å². The maximum atomic E-state index is 12.6. The summed E-state index contributed by atoms with van der Waals surface area (Å²) in [5, 5.41) is 3.04. The number of nitrogens with zero attached hydrogens (tertiary/aromatic N) is 1. The lowest BCUT2D eigenvalue weighted by Crippen LogP contribution is -2.14. The van der Waals surface area contributed by atoms with E-state index in [1.807, 2.05) is 6.07 Å². The molecule has 0 bridgehead atoms. The lowest BCUT2D eigenvalue weighted by Gasteiger charge is -2.14. The van der Waals surface area contributed by atoms with E-state index in [4.69, 9.17) is 0 Å². The van der Waals surface area contributed by atoms with Crippen molar-refractivity contribution in [1.29, 1.82) is 0 Å². The molecule has 2 aromatic rings. The van der Waals surface area contributed by atoms with E-state index in [0.29, 0.717) is 12.2 Å². The number of rotatable bonds is 3. The maximum Gasteiger partial charge on any atom is 0.147 e. The van der Waals surface area contributed by atoms with E-state index in [-0.39, 0.29) is 11.3 Å². The fraction of sp³-hybridized carbons (Fsp3) is 0.444. The molecule has 1 heterocycles. The van der Waals surface area contributed by atoms with E-state index in [0.717, 1.165) is 23.5 Å². The smallest absolute Gasteiger partial charge is 0.147 e. The standard InChI is InChI=1S/C18H21NOS/c1-18(2,3)16-11-21-17(19-16)10-15(20)14-9-8-12-6-4-5-7-13(12)14/h4-7,11,14H,8-10H2,1-3H3. The Kier molecular flexibility index (Phi) is 3.70. The van der Waals surface area contributed by atoms with E-state index in [9.17, 15) is 4.79 Å². The summed E-state index contributed by atoms with van der Waals surface area (Å²) in [6, 6.07) is 8.34. The molecule has 3 heteroatoms. The highest BCUT2D eigenvalue weighted by atomic mass is 32.1. The molecule has 1 aliphatic rings. The van der Waals surface area contributed by atoms with Gasteiger partial charge < -0.3 is 0 Å². The molecule has 110 valence electrons. The normalized spacial score (nSPS) is 17.8. The Morgan fingerprint density at radius 3 is 2.81 bits per heavy atom. The highest BCUT2D eigenvalue weighted by molar-refractivity contribution is 7.09. The zero-order chi connectivity index (χ0) is 15.0. The minimum atomic E-state index is 0.0533. The van der Waals surface area contributed by atoms with E-state index in [1.54, 1.807) is 11.3 Å². The lowest BCUT2D eigenvalue weighted by atomic mass is 9.93. The number of aryl methyl sites for hydroxylation is 1. The summed E-state index contributed by atoms with van der Waals surface area (Å²) >= 11 is 1.61. The van der Waals surface area contributed by atoms with Gasteiger partial charge in [0.2, 0.25) is 0 Å². The number of Topliss-reactive ketones (excluding diaryl/α,β-unsaturated/α-hetero) is 1. The van der Waals surface area contributed by atoms with Crippen molar-refractivity contribution < 1.29 is 4.79 Å². The predicted molar refractivity (Wildman–Crippen MR) is 87.0 cm³/mol. The summed E-state index contributed by atoms with van der Waals surface area (Å²) in [7, 11) is 0. The highest BCUT2D eigenvalue weighted by Gasteiger charge is 2.28. The fourth-order valence-electron chi connectivity index (χ4n) is 2.90. The summed E-state index contributed by atoms with van der Waals surface area (Å²) in [4.78, 5) is 17.2. The first-order chi connectivity index (χ1) is 9.95. The Bertz CT molecular complexity index is 666. The van der Waals surface area contributed by atoms with Gasteiger partial charge in [0.15, 0.2) is 0 Å². The third-order valence-corrected chi connectivity index (χ3v) is 5.02. The van der Waals surface area contributed by atoms with E-state index >= 15 is 0 Å². The van der Waals surface area contributed by atoms with Crippen LogP contribution >= 0.6 is 11.3 Å². The molecule has 0 N–H and O–H groups in total. The van der Waals surface area contributed by atoms with Crippen LogP contribution in [0.5, 0.6) is 0 Å². The van der Waals surface area contributed by atoms with Crippen LogP contribution < -0.4 is 0 Å². The van der Waals surface area contributed by atoms with Gasteiger partial charge in [0.1, 0.15) is 10.8 Å². The van der Waals surface area contributed by atoms with Gasteiger partial charge in [-0.05, 0) is 24.0 Å². The van der Waals surface area contributed by atoms with Crippen molar-refractivity contribution in [2.45, 2.75) is 51.4 Å². The summed E-state index contributed by atoms with van der Waals surface area (Å²) in [6.07, 6.45) is 2.45. The maximum absolute atomic E-state index is 12.6. The van der Waals surface area contributed by atoms with Crippen LogP contribution in [0.25, 0.3) is 0 Å². The number of ketones is 1. The molecular formula is C18H21NOS. The summed E-state index contributed by atoms with van der Waals surface area (Å²) in [5.74, 6) is 0.387. The topological polar surface area (TPSA) is 30.0 Å². The van der Waals surface area contributed by atoms with Crippen molar-refractivity contribution in [2.24, 2.45) is 0 Å². The van der Waals surface area contributed by atoms with Crippen LogP contribution in [0.3, 0.4) is 0 Å². The molecule has 0 radical (unpaired) electrons. The molecule has 1 aromatic carbocycles. The quantitative estimate of drug-likeness (QED) is 0.846. The van der Waals surface area contributed by atoms with Gasteiger partial charge in [-0.25, -0.2) is 4.98 Å². The van der Waals surface area contributed by atoms with Crippen molar-refractivity contribution in [3.8, 4) is 0 Å². The molecule has 3 rings (SSSR count). The SMILES string of the molecule is CC(C)(C)c1csc(CC(=O)C2CCc3ccccc32)n1. The highest BCUT2D eigenvalue weighted by Crippen LogP contribution is 2.34. The molecule has 0 saturated carbocycles. The van der Waals surface area contributed by atoms with Crippen molar-refractivity contribution in [2.75, 3.05) is 0 Å². The van der Waals surface area contributed by atoms with Crippen LogP contribution in [-0.2, 0) is 23.1 Å². The van der Waals surface area contributed by atoms with Crippen LogP contribution in [0.1, 0.15) is 54.9 Å². The molecule has 0 amide bonds. The Hall–Kier alpha value is -1.48. The van der Waals surface area contributed by atoms with Crippen molar-refractivity contribution in [3.63, 3.8) is 0 Å². The third kappa shape index (κ3) is 2.93. The van der Waals surface area contributed by atoms with Gasteiger partial charge in [0, 0.05) is 16.7 Å². The Morgan fingerprint density at radius 2 is 2.10 bits per heavy atom. The van der Waals surface area contributed by atoms with Gasteiger partial charge in [-0.15, -0.1) is 11.3 Å². The zero-order valence-corrected chi connectivity index (χ0v) is 13.7. The molecule has 1 aliphatic carbocycles. The Morgan fingerprint density at radius 1 is 1.33 bits per heavy atom. The van der Waals surface area contributed by atoms with E-state index in [1.165, 1.54) is 11.1 Å². The fourth-order valence-corrected chi connectivity index (χ4v) is 3.93. The first-order valence-electron chi connectivity index (χ1n) is 7.50. The lowest BCUT2D eigenvalue weighted by molar-refractivity contribution is -0.119. The van der Waals surface area contributed by atoms with Gasteiger partial charge >= 0.3 is 0 Å². The van der Waals surface area contributed by atoms with Gasteiger partial charge in [0.05, 0.1) is 12.1 Å². The number of carbonyl (C=O) groups excluding carboxylic acids is 1. The molecule has 1 atom stereocenters. The van der Waals surface area contributed by atoms with Gasteiger partial charge in [-0.1, -0.05) is 45.0 Å². The average Bonchev–Trinajstić information content (AvgIpc) is 3.03.